The smallest absolute Gasteiger partial charge is 0.0597 e. The molecule has 2 N–H and O–H groups in total. The van der Waals surface area contributed by atoms with Crippen LogP contribution in [0.25, 0.3) is 0 Å². The highest BCUT2D eigenvalue weighted by Crippen LogP contribution is 2.31. The number of hydrogen-bond donors (Lipinski definition) is 2. The molecule has 0 spiro atoms. The third kappa shape index (κ3) is 2.08. The van der Waals surface area contributed by atoms with Crippen LogP contribution in [-0.2, 0) is 0 Å². The Bertz CT molecular complexity index is 371. The summed E-state index contributed by atoms with van der Waals surface area (Å²) in [5, 5.41) is 7.08. The molecule has 0 fully saturated rings. The molecule has 3 nitrogen and oxygen atoms in total. The molecule has 2 rings (SSSR count). The Morgan fingerprint density at radius 2 is 2.00 bits per heavy atom. The first-order chi connectivity index (χ1) is 7.58. The molecule has 0 unspecified atom stereocenters. The summed E-state index contributed by atoms with van der Waals surface area (Å²) < 4.78 is 0. The zero-order valence-corrected chi connectivity index (χ0v) is 10.5. The Morgan fingerprint density at radius 1 is 1.25 bits per heavy atom. The van der Waals surface area contributed by atoms with Crippen LogP contribution in [0.5, 0.6) is 0 Å². The van der Waals surface area contributed by atoms with Gasteiger partial charge >= 0.3 is 0 Å². The molecule has 0 saturated carbocycles. The van der Waals surface area contributed by atoms with E-state index in [0.717, 1.165) is 6.54 Å². The van der Waals surface area contributed by atoms with Crippen LogP contribution in [0.15, 0.2) is 18.2 Å². The maximum absolute atomic E-state index is 3.58. The molecule has 0 aromatic heterocycles. The molecule has 1 aromatic rings. The first kappa shape index (κ1) is 11.1. The number of hydrogen-bond acceptors (Lipinski definition) is 3. The minimum absolute atomic E-state index is 0.526. The van der Waals surface area contributed by atoms with Crippen molar-refractivity contribution in [2.75, 3.05) is 36.2 Å². The minimum Gasteiger partial charge on any atom is -0.381 e. The highest BCUT2D eigenvalue weighted by atomic mass is 15.1. The van der Waals surface area contributed by atoms with Crippen LogP contribution in [0.4, 0.5) is 17.1 Å². The van der Waals surface area contributed by atoms with Gasteiger partial charge in [0.2, 0.25) is 0 Å². The van der Waals surface area contributed by atoms with Gasteiger partial charge in [-0.25, -0.2) is 0 Å². The number of benzene rings is 1. The fourth-order valence-corrected chi connectivity index (χ4v) is 1.96. The summed E-state index contributed by atoms with van der Waals surface area (Å²) in [6.45, 7) is 5.50. The number of rotatable bonds is 2. The minimum atomic E-state index is 0.526. The fraction of sp³-hybridized carbons (Fsp3) is 0.538. The van der Waals surface area contributed by atoms with Crippen LogP contribution >= 0.6 is 0 Å². The van der Waals surface area contributed by atoms with Crippen molar-refractivity contribution in [3.05, 3.63) is 18.2 Å². The molecule has 1 atom stereocenters. The molecule has 0 aliphatic carbocycles. The van der Waals surface area contributed by atoms with E-state index in [1.807, 2.05) is 0 Å². The molecule has 0 bridgehead atoms. The molecule has 1 aromatic carbocycles. The SMILES string of the molecule is CC(C)[C@@H]1CNc2cc(N(C)C)ccc2N1. The lowest BCUT2D eigenvalue weighted by molar-refractivity contribution is 0.536. The van der Waals surface area contributed by atoms with Gasteiger partial charge in [0.1, 0.15) is 0 Å². The third-order valence-electron chi connectivity index (χ3n) is 3.18. The second kappa shape index (κ2) is 4.24. The quantitative estimate of drug-likeness (QED) is 0.800. The number of fused-ring (bicyclic) bond motifs is 1. The number of anilines is 3. The van der Waals surface area contributed by atoms with E-state index in [0.29, 0.717) is 12.0 Å². The van der Waals surface area contributed by atoms with Gasteiger partial charge in [0, 0.05) is 32.4 Å². The van der Waals surface area contributed by atoms with Crippen molar-refractivity contribution in [2.24, 2.45) is 5.92 Å². The lowest BCUT2D eigenvalue weighted by Crippen LogP contribution is -2.37. The summed E-state index contributed by atoms with van der Waals surface area (Å²) in [6, 6.07) is 7.03. The van der Waals surface area contributed by atoms with Gasteiger partial charge in [-0.1, -0.05) is 13.8 Å². The van der Waals surface area contributed by atoms with Gasteiger partial charge in [-0.3, -0.25) is 0 Å². The zero-order valence-electron chi connectivity index (χ0n) is 10.5. The Morgan fingerprint density at radius 3 is 2.62 bits per heavy atom. The molecule has 0 radical (unpaired) electrons. The maximum Gasteiger partial charge on any atom is 0.0597 e. The van der Waals surface area contributed by atoms with E-state index in [2.05, 4.69) is 61.7 Å². The molecular weight excluding hydrogens is 198 g/mol. The van der Waals surface area contributed by atoms with Crippen molar-refractivity contribution in [3.63, 3.8) is 0 Å². The van der Waals surface area contributed by atoms with Crippen LogP contribution in [0.1, 0.15) is 13.8 Å². The number of nitrogens with one attached hydrogen (secondary N) is 2. The molecule has 1 aliphatic rings. The van der Waals surface area contributed by atoms with Crippen molar-refractivity contribution in [1.29, 1.82) is 0 Å². The average molecular weight is 219 g/mol. The Kier molecular flexibility index (Phi) is 2.95. The monoisotopic (exact) mass is 219 g/mol. The standard InChI is InChI=1S/C13H21N3/c1-9(2)13-8-14-12-7-10(16(3)4)5-6-11(12)15-13/h5-7,9,13-15H,8H2,1-4H3/t13-/m0/s1. The molecule has 3 heteroatoms. The summed E-state index contributed by atoms with van der Waals surface area (Å²) in [7, 11) is 4.13. The number of nitrogens with zero attached hydrogens (tertiary/aromatic N) is 1. The Labute approximate surface area is 97.8 Å². The zero-order chi connectivity index (χ0) is 11.7. The normalized spacial score (nSPS) is 18.7. The van der Waals surface area contributed by atoms with Gasteiger partial charge in [0.25, 0.3) is 0 Å². The summed E-state index contributed by atoms with van der Waals surface area (Å²) >= 11 is 0. The van der Waals surface area contributed by atoms with E-state index in [1.165, 1.54) is 17.1 Å². The summed E-state index contributed by atoms with van der Waals surface area (Å²) in [6.07, 6.45) is 0. The van der Waals surface area contributed by atoms with Crippen molar-refractivity contribution in [2.45, 2.75) is 19.9 Å². The molecule has 1 heterocycles. The van der Waals surface area contributed by atoms with E-state index in [9.17, 15) is 0 Å². The summed E-state index contributed by atoms with van der Waals surface area (Å²) in [4.78, 5) is 2.12. The van der Waals surface area contributed by atoms with Crippen molar-refractivity contribution in [1.82, 2.24) is 0 Å². The van der Waals surface area contributed by atoms with Crippen LogP contribution in [0.3, 0.4) is 0 Å². The van der Waals surface area contributed by atoms with Gasteiger partial charge < -0.3 is 15.5 Å². The first-order valence-corrected chi connectivity index (χ1v) is 5.89. The second-order valence-electron chi connectivity index (χ2n) is 5.00. The summed E-state index contributed by atoms with van der Waals surface area (Å²) in [5.74, 6) is 0.647. The lowest BCUT2D eigenvalue weighted by Gasteiger charge is -2.31. The van der Waals surface area contributed by atoms with Crippen LogP contribution in [0, 0.1) is 5.92 Å². The molecular formula is C13H21N3. The molecule has 16 heavy (non-hydrogen) atoms. The van der Waals surface area contributed by atoms with E-state index in [-0.39, 0.29) is 0 Å². The molecule has 0 saturated heterocycles. The Hall–Kier alpha value is -1.38. The highest BCUT2D eigenvalue weighted by molar-refractivity contribution is 5.76. The maximum atomic E-state index is 3.58. The summed E-state index contributed by atoms with van der Waals surface area (Å²) in [5.41, 5.74) is 3.66. The van der Waals surface area contributed by atoms with Crippen LogP contribution in [-0.4, -0.2) is 26.7 Å². The predicted molar refractivity (Wildman–Crippen MR) is 71.5 cm³/mol. The third-order valence-corrected chi connectivity index (χ3v) is 3.18. The first-order valence-electron chi connectivity index (χ1n) is 5.89. The van der Waals surface area contributed by atoms with Gasteiger partial charge in [-0.2, -0.15) is 0 Å². The van der Waals surface area contributed by atoms with Gasteiger partial charge in [0.05, 0.1) is 11.4 Å². The molecule has 88 valence electrons. The average Bonchev–Trinajstić information content (AvgIpc) is 2.27. The highest BCUT2D eigenvalue weighted by Gasteiger charge is 2.19. The second-order valence-corrected chi connectivity index (χ2v) is 5.00. The van der Waals surface area contributed by atoms with Gasteiger partial charge in [0.15, 0.2) is 0 Å². The molecule has 0 amide bonds. The largest absolute Gasteiger partial charge is 0.381 e. The Balaban J connectivity index is 2.22. The lowest BCUT2D eigenvalue weighted by atomic mass is 10.0. The van der Waals surface area contributed by atoms with Gasteiger partial charge in [-0.05, 0) is 24.1 Å². The van der Waals surface area contributed by atoms with Crippen LogP contribution in [0.2, 0.25) is 0 Å². The molecule has 1 aliphatic heterocycles. The van der Waals surface area contributed by atoms with Crippen LogP contribution < -0.4 is 15.5 Å². The predicted octanol–water partition coefficient (Wildman–Crippen LogP) is 2.61. The van der Waals surface area contributed by atoms with Crippen molar-refractivity contribution < 1.29 is 0 Å². The van der Waals surface area contributed by atoms with E-state index < -0.39 is 0 Å². The van der Waals surface area contributed by atoms with Crippen molar-refractivity contribution in [3.8, 4) is 0 Å². The van der Waals surface area contributed by atoms with Gasteiger partial charge in [-0.15, -0.1) is 0 Å². The van der Waals surface area contributed by atoms with E-state index in [4.69, 9.17) is 0 Å². The fourth-order valence-electron chi connectivity index (χ4n) is 1.96. The van der Waals surface area contributed by atoms with Crippen molar-refractivity contribution >= 4 is 17.1 Å². The van der Waals surface area contributed by atoms with E-state index in [1.54, 1.807) is 0 Å². The topological polar surface area (TPSA) is 27.3 Å². The van der Waals surface area contributed by atoms with E-state index >= 15 is 0 Å².